The van der Waals surface area contributed by atoms with Crippen molar-refractivity contribution in [1.82, 2.24) is 4.90 Å². The van der Waals surface area contributed by atoms with Gasteiger partial charge in [-0.1, -0.05) is 30.3 Å². The number of nitrogens with two attached hydrogens (primary N) is 1. The molecule has 0 aliphatic carbocycles. The number of benzene rings is 1. The van der Waals surface area contributed by atoms with E-state index in [1.165, 1.54) is 0 Å². The number of halogens is 1. The molecule has 1 amide bonds. The van der Waals surface area contributed by atoms with Crippen molar-refractivity contribution in [2.45, 2.75) is 19.1 Å². The topological polar surface area (TPSA) is 81.9 Å². The zero-order valence-electron chi connectivity index (χ0n) is 12.3. The lowest BCUT2D eigenvalue weighted by molar-refractivity contribution is -0.149. The van der Waals surface area contributed by atoms with Crippen molar-refractivity contribution in [1.29, 1.82) is 0 Å². The normalized spacial score (nSPS) is 15.6. The molecule has 0 saturated carbocycles. The van der Waals surface area contributed by atoms with Crippen molar-refractivity contribution < 1.29 is 19.1 Å². The minimum atomic E-state index is -0.927. The van der Waals surface area contributed by atoms with Crippen LogP contribution >= 0.6 is 12.4 Å². The Balaban J connectivity index is 0.00000242. The van der Waals surface area contributed by atoms with Crippen molar-refractivity contribution in [3.8, 4) is 0 Å². The van der Waals surface area contributed by atoms with Gasteiger partial charge in [-0.05, 0) is 5.56 Å². The van der Waals surface area contributed by atoms with Crippen molar-refractivity contribution in [2.75, 3.05) is 26.3 Å². The third kappa shape index (κ3) is 5.63. The van der Waals surface area contributed by atoms with E-state index in [9.17, 15) is 9.59 Å². The quantitative estimate of drug-likeness (QED) is 0.806. The first-order valence-electron chi connectivity index (χ1n) is 6.98. The van der Waals surface area contributed by atoms with Crippen molar-refractivity contribution in [2.24, 2.45) is 5.73 Å². The van der Waals surface area contributed by atoms with Crippen LogP contribution in [0, 0.1) is 0 Å². The first kappa shape index (κ1) is 18.4. The molecule has 2 rings (SSSR count). The summed E-state index contributed by atoms with van der Waals surface area (Å²) in [4.78, 5) is 25.4. The predicted octanol–water partition coefficient (Wildman–Crippen LogP) is 0.728. The molecule has 1 atom stereocenters. The van der Waals surface area contributed by atoms with Gasteiger partial charge in [0, 0.05) is 13.1 Å². The fourth-order valence-corrected chi connectivity index (χ4v) is 2.05. The maximum absolute atomic E-state index is 12.0. The maximum atomic E-state index is 12.0. The molecule has 7 heteroatoms. The van der Waals surface area contributed by atoms with Crippen LogP contribution in [0.3, 0.4) is 0 Å². The predicted molar refractivity (Wildman–Crippen MR) is 83.5 cm³/mol. The van der Waals surface area contributed by atoms with Crippen LogP contribution in [0.15, 0.2) is 30.3 Å². The van der Waals surface area contributed by atoms with E-state index in [2.05, 4.69) is 0 Å². The minimum absolute atomic E-state index is 0. The van der Waals surface area contributed by atoms with Crippen LogP contribution in [0.5, 0.6) is 0 Å². The molecule has 1 aromatic carbocycles. The Bertz CT molecular complexity index is 478. The van der Waals surface area contributed by atoms with Gasteiger partial charge in [-0.15, -0.1) is 12.4 Å². The van der Waals surface area contributed by atoms with Gasteiger partial charge >= 0.3 is 5.97 Å². The molecule has 1 aromatic rings. The molecule has 1 aliphatic heterocycles. The summed E-state index contributed by atoms with van der Waals surface area (Å²) in [6.07, 6.45) is -0.0341. The van der Waals surface area contributed by atoms with E-state index in [0.717, 1.165) is 5.56 Å². The van der Waals surface area contributed by atoms with Crippen LogP contribution in [0.2, 0.25) is 0 Å². The van der Waals surface area contributed by atoms with Crippen LogP contribution in [-0.2, 0) is 25.7 Å². The number of rotatable bonds is 5. The standard InChI is InChI=1S/C15H20N2O4.ClH/c16-13(10-14(18)17-6-8-20-9-7-17)15(19)21-11-12-4-2-1-3-5-12;/h1-5,13H,6-11,16H2;1H/t13-;/m1./s1. The van der Waals surface area contributed by atoms with Crippen LogP contribution in [0.4, 0.5) is 0 Å². The molecule has 0 aromatic heterocycles. The highest BCUT2D eigenvalue weighted by atomic mass is 35.5. The Hall–Kier alpha value is -1.63. The largest absolute Gasteiger partial charge is 0.460 e. The Kier molecular flexibility index (Phi) is 7.87. The van der Waals surface area contributed by atoms with Gasteiger partial charge in [-0.3, -0.25) is 9.59 Å². The van der Waals surface area contributed by atoms with E-state index < -0.39 is 12.0 Å². The lowest BCUT2D eigenvalue weighted by Crippen LogP contribution is -2.44. The second-order valence-electron chi connectivity index (χ2n) is 4.90. The van der Waals surface area contributed by atoms with E-state index in [1.54, 1.807) is 4.90 Å². The molecule has 2 N–H and O–H groups in total. The lowest BCUT2D eigenvalue weighted by Gasteiger charge is -2.27. The van der Waals surface area contributed by atoms with E-state index >= 15 is 0 Å². The average Bonchev–Trinajstić information content (AvgIpc) is 2.54. The highest BCUT2D eigenvalue weighted by Gasteiger charge is 2.23. The van der Waals surface area contributed by atoms with Crippen molar-refractivity contribution in [3.63, 3.8) is 0 Å². The number of carbonyl (C=O) groups excluding carboxylic acids is 2. The van der Waals surface area contributed by atoms with E-state index in [1.807, 2.05) is 30.3 Å². The molecular formula is C15H21ClN2O4. The smallest absolute Gasteiger partial charge is 0.323 e. The summed E-state index contributed by atoms with van der Waals surface area (Å²) in [6, 6.07) is 8.41. The molecule has 0 spiro atoms. The van der Waals surface area contributed by atoms with Gasteiger partial charge in [0.05, 0.1) is 19.6 Å². The lowest BCUT2D eigenvalue weighted by atomic mass is 10.2. The van der Waals surface area contributed by atoms with E-state index in [4.69, 9.17) is 15.2 Å². The maximum Gasteiger partial charge on any atom is 0.323 e. The third-order valence-corrected chi connectivity index (χ3v) is 3.28. The van der Waals surface area contributed by atoms with E-state index in [-0.39, 0.29) is 31.3 Å². The Labute approximate surface area is 136 Å². The number of carbonyl (C=O) groups is 2. The summed E-state index contributed by atoms with van der Waals surface area (Å²) >= 11 is 0. The zero-order valence-corrected chi connectivity index (χ0v) is 13.1. The fourth-order valence-electron chi connectivity index (χ4n) is 2.05. The number of esters is 1. The number of ether oxygens (including phenoxy) is 2. The molecular weight excluding hydrogens is 308 g/mol. The number of morpholine rings is 1. The SMILES string of the molecule is Cl.N[C@H](CC(=O)N1CCOCC1)C(=O)OCc1ccccc1. The molecule has 1 heterocycles. The van der Waals surface area contributed by atoms with Gasteiger partial charge in [0.1, 0.15) is 12.6 Å². The summed E-state index contributed by atoms with van der Waals surface area (Å²) in [5.41, 5.74) is 6.62. The third-order valence-electron chi connectivity index (χ3n) is 3.28. The Morgan fingerprint density at radius 3 is 2.50 bits per heavy atom. The summed E-state index contributed by atoms with van der Waals surface area (Å²) in [5.74, 6) is -0.692. The molecule has 22 heavy (non-hydrogen) atoms. The van der Waals surface area contributed by atoms with Gasteiger partial charge in [-0.25, -0.2) is 0 Å². The summed E-state index contributed by atoms with van der Waals surface area (Å²) in [5, 5.41) is 0. The number of amides is 1. The average molecular weight is 329 g/mol. The number of nitrogens with zero attached hydrogens (tertiary/aromatic N) is 1. The molecule has 0 bridgehead atoms. The van der Waals surface area contributed by atoms with Crippen molar-refractivity contribution in [3.05, 3.63) is 35.9 Å². The second kappa shape index (κ2) is 9.40. The Morgan fingerprint density at radius 1 is 1.23 bits per heavy atom. The van der Waals surface area contributed by atoms with Gasteiger partial charge in [-0.2, -0.15) is 0 Å². The van der Waals surface area contributed by atoms with Crippen LogP contribution in [-0.4, -0.2) is 49.1 Å². The first-order chi connectivity index (χ1) is 10.2. The monoisotopic (exact) mass is 328 g/mol. The second-order valence-corrected chi connectivity index (χ2v) is 4.90. The highest BCUT2D eigenvalue weighted by Crippen LogP contribution is 2.05. The number of hydrogen-bond acceptors (Lipinski definition) is 5. The summed E-state index contributed by atoms with van der Waals surface area (Å²) in [6.45, 7) is 2.31. The highest BCUT2D eigenvalue weighted by molar-refractivity contribution is 5.85. The minimum Gasteiger partial charge on any atom is -0.460 e. The molecule has 1 fully saturated rings. The fraction of sp³-hybridized carbons (Fsp3) is 0.467. The van der Waals surface area contributed by atoms with Crippen molar-refractivity contribution >= 4 is 24.3 Å². The summed E-state index contributed by atoms with van der Waals surface area (Å²) < 4.78 is 10.3. The van der Waals surface area contributed by atoms with E-state index in [0.29, 0.717) is 26.3 Å². The molecule has 0 radical (unpaired) electrons. The zero-order chi connectivity index (χ0) is 15.1. The van der Waals surface area contributed by atoms with Crippen LogP contribution in [0.25, 0.3) is 0 Å². The molecule has 122 valence electrons. The molecule has 6 nitrogen and oxygen atoms in total. The van der Waals surface area contributed by atoms with Gasteiger partial charge in [0.15, 0.2) is 0 Å². The summed E-state index contributed by atoms with van der Waals surface area (Å²) in [7, 11) is 0. The number of hydrogen-bond donors (Lipinski definition) is 1. The molecule has 0 unspecified atom stereocenters. The first-order valence-corrected chi connectivity index (χ1v) is 6.98. The molecule has 1 saturated heterocycles. The molecule has 1 aliphatic rings. The van der Waals surface area contributed by atoms with Gasteiger partial charge < -0.3 is 20.1 Å². The van der Waals surface area contributed by atoms with Crippen LogP contribution in [0.1, 0.15) is 12.0 Å². The Morgan fingerprint density at radius 2 is 1.86 bits per heavy atom. The van der Waals surface area contributed by atoms with Gasteiger partial charge in [0.2, 0.25) is 5.91 Å². The van der Waals surface area contributed by atoms with Gasteiger partial charge in [0.25, 0.3) is 0 Å². The van der Waals surface area contributed by atoms with Crippen LogP contribution < -0.4 is 5.73 Å².